The van der Waals surface area contributed by atoms with Gasteiger partial charge in [0, 0.05) is 18.1 Å². The van der Waals surface area contributed by atoms with Gasteiger partial charge in [0.25, 0.3) is 0 Å². The van der Waals surface area contributed by atoms with E-state index < -0.39 is 0 Å². The fourth-order valence-electron chi connectivity index (χ4n) is 3.95. The zero-order valence-corrected chi connectivity index (χ0v) is 14.6. The maximum atomic E-state index is 12.4. The third kappa shape index (κ3) is 2.67. The van der Waals surface area contributed by atoms with Gasteiger partial charge in [0.15, 0.2) is 0 Å². The number of carbonyl (C=O) groups excluding carboxylic acids is 1. The number of hydrogen-bond acceptors (Lipinski definition) is 5. The third-order valence-electron chi connectivity index (χ3n) is 5.40. The van der Waals surface area contributed by atoms with Gasteiger partial charge in [-0.3, -0.25) is 4.79 Å². The predicted molar refractivity (Wildman–Crippen MR) is 91.8 cm³/mol. The zero-order valence-electron chi connectivity index (χ0n) is 13.8. The average Bonchev–Trinajstić information content (AvgIpc) is 3.14. The van der Waals surface area contributed by atoms with Crippen LogP contribution in [0.3, 0.4) is 0 Å². The van der Waals surface area contributed by atoms with Gasteiger partial charge in [-0.1, -0.05) is 12.5 Å². The standard InChI is InChI=1S/C18H22N2O3S/c1-2-22-15-10-14(18(15)6-4-7-18)20-16(21)9-12-11-23-17(19-12)13-5-3-8-24-13/h3,5,8,11,14-15H,2,4,6-7,9-10H2,1H3,(H,20,21)/t14-,15-/m0/s1. The van der Waals surface area contributed by atoms with Gasteiger partial charge in [-0.2, -0.15) is 0 Å². The van der Waals surface area contributed by atoms with Gasteiger partial charge in [0.1, 0.15) is 6.26 Å². The largest absolute Gasteiger partial charge is 0.444 e. The lowest BCUT2D eigenvalue weighted by atomic mass is 9.51. The number of carbonyl (C=O) groups is 1. The van der Waals surface area contributed by atoms with Crippen LogP contribution in [0, 0.1) is 5.41 Å². The summed E-state index contributed by atoms with van der Waals surface area (Å²) in [4.78, 5) is 17.8. The minimum absolute atomic E-state index is 0.0206. The first-order chi connectivity index (χ1) is 11.7. The molecule has 1 spiro atoms. The summed E-state index contributed by atoms with van der Waals surface area (Å²) in [5, 5.41) is 5.17. The zero-order chi connectivity index (χ0) is 16.6. The molecule has 1 amide bonds. The van der Waals surface area contributed by atoms with Crippen LogP contribution in [0.15, 0.2) is 28.2 Å². The molecule has 5 nitrogen and oxygen atoms in total. The summed E-state index contributed by atoms with van der Waals surface area (Å²) in [5.74, 6) is 0.607. The first-order valence-corrected chi connectivity index (χ1v) is 9.48. The maximum absolute atomic E-state index is 12.4. The van der Waals surface area contributed by atoms with Crippen LogP contribution in [0.1, 0.15) is 38.3 Å². The van der Waals surface area contributed by atoms with Gasteiger partial charge in [-0.05, 0) is 37.6 Å². The molecule has 2 heterocycles. The van der Waals surface area contributed by atoms with Crippen molar-refractivity contribution in [1.82, 2.24) is 10.3 Å². The quantitative estimate of drug-likeness (QED) is 0.870. The number of nitrogens with zero attached hydrogens (tertiary/aromatic N) is 1. The summed E-state index contributed by atoms with van der Waals surface area (Å²) in [5.41, 5.74) is 0.872. The molecule has 2 atom stereocenters. The van der Waals surface area contributed by atoms with E-state index in [1.54, 1.807) is 17.6 Å². The minimum Gasteiger partial charge on any atom is -0.444 e. The van der Waals surface area contributed by atoms with E-state index in [1.165, 1.54) is 6.42 Å². The number of ether oxygens (including phenoxy) is 1. The van der Waals surface area contributed by atoms with Crippen LogP contribution in [0.5, 0.6) is 0 Å². The third-order valence-corrected chi connectivity index (χ3v) is 6.26. The molecule has 0 unspecified atom stereocenters. The van der Waals surface area contributed by atoms with Crippen LogP contribution in [0.25, 0.3) is 10.8 Å². The molecule has 24 heavy (non-hydrogen) atoms. The number of aromatic nitrogens is 1. The van der Waals surface area contributed by atoms with E-state index in [9.17, 15) is 4.79 Å². The molecule has 0 bridgehead atoms. The fraction of sp³-hybridized carbons (Fsp3) is 0.556. The van der Waals surface area contributed by atoms with Crippen LogP contribution in [-0.4, -0.2) is 29.6 Å². The highest BCUT2D eigenvalue weighted by Gasteiger charge is 2.59. The van der Waals surface area contributed by atoms with Gasteiger partial charge < -0.3 is 14.5 Å². The first-order valence-electron chi connectivity index (χ1n) is 8.60. The highest BCUT2D eigenvalue weighted by Crippen LogP contribution is 2.57. The monoisotopic (exact) mass is 346 g/mol. The van der Waals surface area contributed by atoms with Gasteiger partial charge in [-0.25, -0.2) is 4.98 Å². The molecule has 2 aromatic rings. The van der Waals surface area contributed by atoms with Crippen LogP contribution in [-0.2, 0) is 16.0 Å². The second kappa shape index (κ2) is 6.33. The lowest BCUT2D eigenvalue weighted by Gasteiger charge is -2.61. The van der Waals surface area contributed by atoms with Crippen molar-refractivity contribution in [2.24, 2.45) is 5.41 Å². The minimum atomic E-state index is 0.0206. The normalized spacial score (nSPS) is 24.4. The average molecular weight is 346 g/mol. The van der Waals surface area contributed by atoms with Crippen molar-refractivity contribution >= 4 is 17.2 Å². The van der Waals surface area contributed by atoms with E-state index in [2.05, 4.69) is 10.3 Å². The molecule has 2 aliphatic carbocycles. The summed E-state index contributed by atoms with van der Waals surface area (Å²) >= 11 is 1.58. The maximum Gasteiger partial charge on any atom is 0.236 e. The molecule has 1 N–H and O–H groups in total. The Morgan fingerprint density at radius 2 is 2.42 bits per heavy atom. The Morgan fingerprint density at radius 3 is 3.08 bits per heavy atom. The Kier molecular flexibility index (Phi) is 4.18. The molecule has 0 radical (unpaired) electrons. The molecule has 6 heteroatoms. The van der Waals surface area contributed by atoms with Gasteiger partial charge in [0.05, 0.1) is 23.1 Å². The van der Waals surface area contributed by atoms with Crippen molar-refractivity contribution in [3.63, 3.8) is 0 Å². The highest BCUT2D eigenvalue weighted by atomic mass is 32.1. The predicted octanol–water partition coefficient (Wildman–Crippen LogP) is 3.41. The van der Waals surface area contributed by atoms with Gasteiger partial charge in [0.2, 0.25) is 11.8 Å². The van der Waals surface area contributed by atoms with Crippen molar-refractivity contribution in [1.29, 1.82) is 0 Å². The van der Waals surface area contributed by atoms with Crippen LogP contribution >= 0.6 is 11.3 Å². The molecular formula is C18H22N2O3S. The lowest BCUT2D eigenvalue weighted by Crippen LogP contribution is -2.67. The van der Waals surface area contributed by atoms with Crippen molar-refractivity contribution in [2.45, 2.75) is 51.2 Å². The molecular weight excluding hydrogens is 324 g/mol. The summed E-state index contributed by atoms with van der Waals surface area (Å²) < 4.78 is 11.3. The number of amides is 1. The molecule has 0 saturated heterocycles. The molecule has 0 aromatic carbocycles. The Labute approximate surface area is 145 Å². The molecule has 2 aromatic heterocycles. The Balaban J connectivity index is 1.34. The fourth-order valence-corrected chi connectivity index (χ4v) is 4.61. The molecule has 0 aliphatic heterocycles. The number of hydrogen-bond donors (Lipinski definition) is 1. The molecule has 2 fully saturated rings. The van der Waals surface area contributed by atoms with Gasteiger partial charge >= 0.3 is 0 Å². The number of thiophene rings is 1. The lowest BCUT2D eigenvalue weighted by molar-refractivity contribution is -0.175. The van der Waals surface area contributed by atoms with Crippen molar-refractivity contribution < 1.29 is 13.9 Å². The highest BCUT2D eigenvalue weighted by molar-refractivity contribution is 7.13. The Morgan fingerprint density at radius 1 is 1.54 bits per heavy atom. The molecule has 128 valence electrons. The van der Waals surface area contributed by atoms with Gasteiger partial charge in [-0.15, -0.1) is 11.3 Å². The van der Waals surface area contributed by atoms with E-state index in [4.69, 9.17) is 9.15 Å². The van der Waals surface area contributed by atoms with Crippen LogP contribution < -0.4 is 5.32 Å². The summed E-state index contributed by atoms with van der Waals surface area (Å²) in [6.07, 6.45) is 6.66. The van der Waals surface area contributed by atoms with Crippen molar-refractivity contribution in [3.8, 4) is 10.8 Å². The summed E-state index contributed by atoms with van der Waals surface area (Å²) in [7, 11) is 0. The topological polar surface area (TPSA) is 64.4 Å². The van der Waals surface area contributed by atoms with Crippen LogP contribution in [0.4, 0.5) is 0 Å². The number of nitrogens with one attached hydrogen (secondary N) is 1. The van der Waals surface area contributed by atoms with Crippen molar-refractivity contribution in [3.05, 3.63) is 29.5 Å². The second-order valence-corrected chi connectivity index (χ2v) is 7.63. The van der Waals surface area contributed by atoms with E-state index in [0.29, 0.717) is 17.7 Å². The first kappa shape index (κ1) is 15.8. The molecule has 2 saturated carbocycles. The summed E-state index contributed by atoms with van der Waals surface area (Å²) in [6, 6.07) is 4.17. The van der Waals surface area contributed by atoms with E-state index in [0.717, 1.165) is 30.7 Å². The Hall–Kier alpha value is -1.66. The van der Waals surface area contributed by atoms with Crippen molar-refractivity contribution in [2.75, 3.05) is 6.61 Å². The SMILES string of the molecule is CCO[C@H]1C[C@H](NC(=O)Cc2coc(-c3cccs3)n2)C12CCC2. The molecule has 4 rings (SSSR count). The summed E-state index contributed by atoms with van der Waals surface area (Å²) in [6.45, 7) is 2.78. The second-order valence-electron chi connectivity index (χ2n) is 6.68. The van der Waals surface area contributed by atoms with E-state index >= 15 is 0 Å². The van der Waals surface area contributed by atoms with E-state index in [1.807, 2.05) is 24.4 Å². The van der Waals surface area contributed by atoms with Crippen LogP contribution in [0.2, 0.25) is 0 Å². The smallest absolute Gasteiger partial charge is 0.236 e. The number of rotatable bonds is 6. The molecule has 2 aliphatic rings. The number of oxazole rings is 1. The van der Waals surface area contributed by atoms with E-state index in [-0.39, 0.29) is 23.8 Å². The Bertz CT molecular complexity index is 706.